The standard InChI is InChI=1S/C18H29NO2/c1-5-15-6-8-16(9-7-15)18(20)14(3)19-11-10-13(2)17(12-19)21-4/h6-9,13-14,17-18,20H,5,10-12H2,1-4H3. The molecule has 0 bridgehead atoms. The van der Waals surface area contributed by atoms with E-state index < -0.39 is 6.10 Å². The minimum atomic E-state index is -0.443. The number of aliphatic hydroxyl groups is 1. The van der Waals surface area contributed by atoms with E-state index >= 15 is 0 Å². The van der Waals surface area contributed by atoms with Crippen molar-refractivity contribution in [2.24, 2.45) is 5.92 Å². The van der Waals surface area contributed by atoms with Crippen LogP contribution in [0.5, 0.6) is 0 Å². The van der Waals surface area contributed by atoms with Crippen LogP contribution in [0.1, 0.15) is 44.4 Å². The number of piperidine rings is 1. The van der Waals surface area contributed by atoms with E-state index in [-0.39, 0.29) is 12.1 Å². The summed E-state index contributed by atoms with van der Waals surface area (Å²) >= 11 is 0. The van der Waals surface area contributed by atoms with Gasteiger partial charge in [0.1, 0.15) is 0 Å². The van der Waals surface area contributed by atoms with Crippen molar-refractivity contribution < 1.29 is 9.84 Å². The van der Waals surface area contributed by atoms with Crippen LogP contribution in [0.15, 0.2) is 24.3 Å². The van der Waals surface area contributed by atoms with E-state index in [4.69, 9.17) is 4.74 Å². The van der Waals surface area contributed by atoms with Crippen molar-refractivity contribution in [3.8, 4) is 0 Å². The van der Waals surface area contributed by atoms with Gasteiger partial charge in [-0.3, -0.25) is 4.90 Å². The molecule has 1 aromatic rings. The highest BCUT2D eigenvalue weighted by Gasteiger charge is 2.31. The van der Waals surface area contributed by atoms with Crippen LogP contribution in [0.2, 0.25) is 0 Å². The number of nitrogens with zero attached hydrogens (tertiary/aromatic N) is 1. The Labute approximate surface area is 128 Å². The SMILES string of the molecule is CCc1ccc(C(O)C(C)N2CCC(C)C(OC)C2)cc1. The van der Waals surface area contributed by atoms with Gasteiger partial charge in [-0.15, -0.1) is 0 Å². The van der Waals surface area contributed by atoms with E-state index in [1.54, 1.807) is 7.11 Å². The smallest absolute Gasteiger partial charge is 0.0942 e. The molecule has 1 N–H and O–H groups in total. The summed E-state index contributed by atoms with van der Waals surface area (Å²) in [4.78, 5) is 2.35. The molecule has 4 atom stereocenters. The van der Waals surface area contributed by atoms with Gasteiger partial charge >= 0.3 is 0 Å². The monoisotopic (exact) mass is 291 g/mol. The molecule has 0 aromatic heterocycles. The van der Waals surface area contributed by atoms with Gasteiger partial charge in [0, 0.05) is 19.7 Å². The summed E-state index contributed by atoms with van der Waals surface area (Å²) in [5.74, 6) is 0.597. The maximum atomic E-state index is 10.6. The van der Waals surface area contributed by atoms with Gasteiger partial charge in [0.15, 0.2) is 0 Å². The summed E-state index contributed by atoms with van der Waals surface area (Å²) in [7, 11) is 1.79. The molecule has 118 valence electrons. The first-order valence-corrected chi connectivity index (χ1v) is 8.10. The second kappa shape index (κ2) is 7.39. The van der Waals surface area contributed by atoms with Gasteiger partial charge in [-0.1, -0.05) is 38.1 Å². The van der Waals surface area contributed by atoms with Crippen LogP contribution < -0.4 is 0 Å². The Morgan fingerprint density at radius 3 is 2.57 bits per heavy atom. The van der Waals surface area contributed by atoms with Crippen LogP contribution in [0, 0.1) is 5.92 Å². The fraction of sp³-hybridized carbons (Fsp3) is 0.667. The predicted molar refractivity (Wildman–Crippen MR) is 86.4 cm³/mol. The van der Waals surface area contributed by atoms with Crippen LogP contribution in [0.3, 0.4) is 0 Å². The summed E-state index contributed by atoms with van der Waals surface area (Å²) < 4.78 is 5.58. The first kappa shape index (κ1) is 16.5. The minimum absolute atomic E-state index is 0.114. The average Bonchev–Trinajstić information content (AvgIpc) is 2.54. The highest BCUT2D eigenvalue weighted by Crippen LogP contribution is 2.27. The normalized spacial score (nSPS) is 26.5. The zero-order valence-corrected chi connectivity index (χ0v) is 13.7. The lowest BCUT2D eigenvalue weighted by atomic mass is 9.92. The van der Waals surface area contributed by atoms with Crippen LogP contribution >= 0.6 is 0 Å². The van der Waals surface area contributed by atoms with Gasteiger partial charge in [0.25, 0.3) is 0 Å². The van der Waals surface area contributed by atoms with E-state index in [2.05, 4.69) is 49.9 Å². The predicted octanol–water partition coefficient (Wildman–Crippen LogP) is 3.03. The lowest BCUT2D eigenvalue weighted by molar-refractivity contribution is -0.0396. The summed E-state index contributed by atoms with van der Waals surface area (Å²) in [6.45, 7) is 8.44. The molecule has 0 amide bonds. The second-order valence-electron chi connectivity index (χ2n) is 6.32. The Balaban J connectivity index is 2.02. The zero-order valence-electron chi connectivity index (χ0n) is 13.7. The lowest BCUT2D eigenvalue weighted by Gasteiger charge is -2.41. The van der Waals surface area contributed by atoms with Gasteiger partial charge < -0.3 is 9.84 Å². The molecule has 0 spiro atoms. The third-order valence-corrected chi connectivity index (χ3v) is 4.99. The molecule has 1 aromatic carbocycles. The van der Waals surface area contributed by atoms with Gasteiger partial charge in [-0.2, -0.15) is 0 Å². The molecule has 4 unspecified atom stereocenters. The Bertz CT molecular complexity index is 431. The van der Waals surface area contributed by atoms with E-state index in [9.17, 15) is 5.11 Å². The van der Waals surface area contributed by atoms with E-state index in [1.807, 2.05) is 0 Å². The molecule has 1 saturated heterocycles. The van der Waals surface area contributed by atoms with Crippen LogP contribution in [0.4, 0.5) is 0 Å². The molecule has 3 heteroatoms. The molecular formula is C18H29NO2. The highest BCUT2D eigenvalue weighted by atomic mass is 16.5. The maximum Gasteiger partial charge on any atom is 0.0942 e. The van der Waals surface area contributed by atoms with E-state index in [1.165, 1.54) is 5.56 Å². The summed E-state index contributed by atoms with van der Waals surface area (Å²) in [5.41, 5.74) is 2.32. The van der Waals surface area contributed by atoms with Crippen molar-refractivity contribution in [3.63, 3.8) is 0 Å². The summed E-state index contributed by atoms with van der Waals surface area (Å²) in [6, 6.07) is 8.45. The quantitative estimate of drug-likeness (QED) is 0.905. The van der Waals surface area contributed by atoms with E-state index in [0.717, 1.165) is 31.5 Å². The average molecular weight is 291 g/mol. The maximum absolute atomic E-state index is 10.6. The zero-order chi connectivity index (χ0) is 15.4. The number of aryl methyl sites for hydroxylation is 1. The van der Waals surface area contributed by atoms with Crippen molar-refractivity contribution in [2.75, 3.05) is 20.2 Å². The van der Waals surface area contributed by atoms with Crippen LogP contribution in [0.25, 0.3) is 0 Å². The number of hydrogen-bond acceptors (Lipinski definition) is 3. The number of methoxy groups -OCH3 is 1. The Hall–Kier alpha value is -0.900. The molecule has 1 aliphatic rings. The van der Waals surface area contributed by atoms with Crippen molar-refractivity contribution in [1.82, 2.24) is 4.90 Å². The third kappa shape index (κ3) is 3.85. The van der Waals surface area contributed by atoms with Gasteiger partial charge in [-0.25, -0.2) is 0 Å². The highest BCUT2D eigenvalue weighted by molar-refractivity contribution is 5.25. The second-order valence-corrected chi connectivity index (χ2v) is 6.32. The fourth-order valence-electron chi connectivity index (χ4n) is 3.16. The van der Waals surface area contributed by atoms with Gasteiger partial charge in [0.2, 0.25) is 0 Å². The topological polar surface area (TPSA) is 32.7 Å². The summed E-state index contributed by atoms with van der Waals surface area (Å²) in [6.07, 6.45) is 1.99. The Morgan fingerprint density at radius 2 is 2.00 bits per heavy atom. The number of benzene rings is 1. The van der Waals surface area contributed by atoms with Crippen molar-refractivity contribution in [2.45, 2.75) is 51.9 Å². The summed E-state index contributed by atoms with van der Waals surface area (Å²) in [5, 5.41) is 10.6. The van der Waals surface area contributed by atoms with Gasteiger partial charge in [0.05, 0.1) is 12.2 Å². The van der Waals surface area contributed by atoms with Crippen LogP contribution in [-0.4, -0.2) is 42.4 Å². The molecule has 2 rings (SSSR count). The molecule has 1 fully saturated rings. The minimum Gasteiger partial charge on any atom is -0.387 e. The van der Waals surface area contributed by atoms with Crippen molar-refractivity contribution >= 4 is 0 Å². The molecule has 0 aliphatic carbocycles. The number of ether oxygens (including phenoxy) is 1. The van der Waals surface area contributed by atoms with Crippen molar-refractivity contribution in [1.29, 1.82) is 0 Å². The molecule has 3 nitrogen and oxygen atoms in total. The molecule has 21 heavy (non-hydrogen) atoms. The number of likely N-dealkylation sites (tertiary alicyclic amines) is 1. The number of aliphatic hydroxyl groups excluding tert-OH is 1. The first-order valence-electron chi connectivity index (χ1n) is 8.10. The number of hydrogen-bond donors (Lipinski definition) is 1. The molecular weight excluding hydrogens is 262 g/mol. The first-order chi connectivity index (χ1) is 10.1. The molecule has 1 aliphatic heterocycles. The Morgan fingerprint density at radius 1 is 1.33 bits per heavy atom. The van der Waals surface area contributed by atoms with Crippen molar-refractivity contribution in [3.05, 3.63) is 35.4 Å². The Kier molecular flexibility index (Phi) is 5.80. The third-order valence-electron chi connectivity index (χ3n) is 4.99. The number of rotatable bonds is 5. The lowest BCUT2D eigenvalue weighted by Crippen LogP contribution is -2.49. The molecule has 0 radical (unpaired) electrons. The fourth-order valence-corrected chi connectivity index (χ4v) is 3.16. The van der Waals surface area contributed by atoms with E-state index in [0.29, 0.717) is 5.92 Å². The van der Waals surface area contributed by atoms with Gasteiger partial charge in [-0.05, 0) is 43.4 Å². The molecule has 1 heterocycles. The largest absolute Gasteiger partial charge is 0.387 e. The van der Waals surface area contributed by atoms with Crippen LogP contribution in [-0.2, 0) is 11.2 Å². The molecule has 0 saturated carbocycles.